The van der Waals surface area contributed by atoms with Crippen LogP contribution in [0.4, 0.5) is 0 Å². The number of nitrogens with zero attached hydrogens (tertiary/aromatic N) is 5. The predicted molar refractivity (Wildman–Crippen MR) is 89.0 cm³/mol. The van der Waals surface area contributed by atoms with Crippen LogP contribution in [-0.4, -0.2) is 38.1 Å². The molecule has 1 saturated heterocycles. The van der Waals surface area contributed by atoms with Crippen LogP contribution in [0, 0.1) is 0 Å². The summed E-state index contributed by atoms with van der Waals surface area (Å²) in [7, 11) is 0. The average molecular weight is 321 g/mol. The Morgan fingerprint density at radius 2 is 1.79 bits per heavy atom. The molecule has 0 atom stereocenters. The molecule has 6 heteroatoms. The molecular formula is C18H19N5O. The highest BCUT2D eigenvalue weighted by Crippen LogP contribution is 2.28. The number of piperidine rings is 1. The Morgan fingerprint density at radius 1 is 1.00 bits per heavy atom. The van der Waals surface area contributed by atoms with Crippen molar-refractivity contribution < 1.29 is 4.52 Å². The molecule has 0 aromatic carbocycles. The highest BCUT2D eigenvalue weighted by atomic mass is 16.5. The van der Waals surface area contributed by atoms with Gasteiger partial charge in [-0.25, -0.2) is 0 Å². The minimum atomic E-state index is 0.329. The summed E-state index contributed by atoms with van der Waals surface area (Å²) in [4.78, 5) is 15.6. The van der Waals surface area contributed by atoms with E-state index in [2.05, 4.69) is 31.1 Å². The van der Waals surface area contributed by atoms with E-state index in [1.165, 1.54) is 0 Å². The summed E-state index contributed by atoms with van der Waals surface area (Å²) in [6.07, 6.45) is 5.63. The van der Waals surface area contributed by atoms with Crippen LogP contribution in [0.3, 0.4) is 0 Å². The second-order valence-electron chi connectivity index (χ2n) is 6.04. The van der Waals surface area contributed by atoms with Crippen molar-refractivity contribution in [3.8, 4) is 11.5 Å². The summed E-state index contributed by atoms with van der Waals surface area (Å²) in [6.45, 7) is 2.93. The number of aromatic nitrogens is 4. The third kappa shape index (κ3) is 3.33. The number of hydrogen-bond acceptors (Lipinski definition) is 6. The zero-order valence-electron chi connectivity index (χ0n) is 13.4. The number of pyridine rings is 2. The van der Waals surface area contributed by atoms with E-state index in [-0.39, 0.29) is 0 Å². The molecule has 122 valence electrons. The summed E-state index contributed by atoms with van der Waals surface area (Å²) in [5, 5.41) is 4.08. The first-order chi connectivity index (χ1) is 11.9. The Hall–Kier alpha value is -2.60. The van der Waals surface area contributed by atoms with Gasteiger partial charge in [-0.3, -0.25) is 14.9 Å². The SMILES string of the molecule is c1ccc(CN2CCC(c3nc(-c4ccccn4)no3)CC2)nc1. The summed E-state index contributed by atoms with van der Waals surface area (Å²) in [5.41, 5.74) is 1.87. The van der Waals surface area contributed by atoms with Crippen LogP contribution in [0.15, 0.2) is 53.3 Å². The van der Waals surface area contributed by atoms with Crippen LogP contribution < -0.4 is 0 Å². The topological polar surface area (TPSA) is 67.9 Å². The summed E-state index contributed by atoms with van der Waals surface area (Å²) in [6, 6.07) is 11.8. The van der Waals surface area contributed by atoms with Gasteiger partial charge in [0.15, 0.2) is 0 Å². The molecule has 0 amide bonds. The fourth-order valence-corrected chi connectivity index (χ4v) is 3.06. The lowest BCUT2D eigenvalue weighted by atomic mass is 9.96. The number of rotatable bonds is 4. The highest BCUT2D eigenvalue weighted by Gasteiger charge is 2.25. The quantitative estimate of drug-likeness (QED) is 0.736. The standard InChI is InChI=1S/C18H19N5O/c1-3-9-19-15(5-1)13-23-11-7-14(8-12-23)18-21-17(22-24-18)16-6-2-4-10-20-16/h1-6,9-10,14H,7-8,11-13H2. The van der Waals surface area contributed by atoms with Crippen molar-refractivity contribution in [3.05, 3.63) is 60.4 Å². The Balaban J connectivity index is 1.37. The molecular weight excluding hydrogens is 302 g/mol. The molecule has 1 aliphatic rings. The molecule has 1 aliphatic heterocycles. The van der Waals surface area contributed by atoms with Crippen molar-refractivity contribution in [3.63, 3.8) is 0 Å². The molecule has 0 radical (unpaired) electrons. The summed E-state index contributed by atoms with van der Waals surface area (Å²) >= 11 is 0. The smallest absolute Gasteiger partial charge is 0.230 e. The van der Waals surface area contributed by atoms with Gasteiger partial charge in [-0.1, -0.05) is 17.3 Å². The van der Waals surface area contributed by atoms with Crippen molar-refractivity contribution >= 4 is 0 Å². The van der Waals surface area contributed by atoms with Crippen LogP contribution in [0.1, 0.15) is 30.3 Å². The summed E-state index contributed by atoms with van der Waals surface area (Å²) in [5.74, 6) is 1.63. The fraction of sp³-hybridized carbons (Fsp3) is 0.333. The third-order valence-corrected chi connectivity index (χ3v) is 4.38. The molecule has 3 aromatic rings. The molecule has 3 aromatic heterocycles. The lowest BCUT2D eigenvalue weighted by molar-refractivity contribution is 0.186. The molecule has 24 heavy (non-hydrogen) atoms. The van der Waals surface area contributed by atoms with Crippen LogP contribution >= 0.6 is 0 Å². The molecule has 0 saturated carbocycles. The van der Waals surface area contributed by atoms with Crippen molar-refractivity contribution in [2.24, 2.45) is 0 Å². The van der Waals surface area contributed by atoms with Gasteiger partial charge in [-0.2, -0.15) is 4.98 Å². The Kier molecular flexibility index (Phi) is 4.29. The van der Waals surface area contributed by atoms with Gasteiger partial charge < -0.3 is 4.52 Å². The average Bonchev–Trinajstić information content (AvgIpc) is 3.14. The van der Waals surface area contributed by atoms with E-state index < -0.39 is 0 Å². The molecule has 0 N–H and O–H groups in total. The van der Waals surface area contributed by atoms with Crippen LogP contribution in [0.25, 0.3) is 11.5 Å². The highest BCUT2D eigenvalue weighted by molar-refractivity contribution is 5.47. The van der Waals surface area contributed by atoms with Crippen LogP contribution in [0.2, 0.25) is 0 Å². The van der Waals surface area contributed by atoms with Gasteiger partial charge in [0.25, 0.3) is 0 Å². The molecule has 6 nitrogen and oxygen atoms in total. The largest absolute Gasteiger partial charge is 0.339 e. The van der Waals surface area contributed by atoms with Crippen molar-refractivity contribution in [1.82, 2.24) is 25.0 Å². The van der Waals surface area contributed by atoms with Gasteiger partial charge in [0.2, 0.25) is 11.7 Å². The Morgan fingerprint density at radius 3 is 2.50 bits per heavy atom. The van der Waals surface area contributed by atoms with Gasteiger partial charge >= 0.3 is 0 Å². The van der Waals surface area contributed by atoms with Crippen molar-refractivity contribution in [2.45, 2.75) is 25.3 Å². The maximum Gasteiger partial charge on any atom is 0.230 e. The molecule has 0 spiro atoms. The molecule has 4 rings (SSSR count). The molecule has 4 heterocycles. The van der Waals surface area contributed by atoms with Gasteiger partial charge in [0, 0.05) is 24.9 Å². The van der Waals surface area contributed by atoms with E-state index in [0.717, 1.165) is 49.8 Å². The monoisotopic (exact) mass is 321 g/mol. The van der Waals surface area contributed by atoms with Gasteiger partial charge in [-0.15, -0.1) is 0 Å². The van der Waals surface area contributed by atoms with E-state index in [9.17, 15) is 0 Å². The zero-order chi connectivity index (χ0) is 16.2. The lowest BCUT2D eigenvalue weighted by Crippen LogP contribution is -2.32. The molecule has 0 unspecified atom stereocenters. The third-order valence-electron chi connectivity index (χ3n) is 4.38. The second kappa shape index (κ2) is 6.88. The van der Waals surface area contributed by atoms with E-state index in [1.54, 1.807) is 6.20 Å². The normalized spacial score (nSPS) is 16.3. The first-order valence-corrected chi connectivity index (χ1v) is 8.26. The van der Waals surface area contributed by atoms with Crippen LogP contribution in [0.5, 0.6) is 0 Å². The molecule has 0 bridgehead atoms. The minimum Gasteiger partial charge on any atom is -0.339 e. The van der Waals surface area contributed by atoms with E-state index in [4.69, 9.17) is 4.52 Å². The fourth-order valence-electron chi connectivity index (χ4n) is 3.06. The van der Waals surface area contributed by atoms with E-state index in [1.807, 2.05) is 36.5 Å². The maximum atomic E-state index is 5.48. The van der Waals surface area contributed by atoms with Gasteiger partial charge in [-0.05, 0) is 50.2 Å². The van der Waals surface area contributed by atoms with Gasteiger partial charge in [0.1, 0.15) is 5.69 Å². The number of likely N-dealkylation sites (tertiary alicyclic amines) is 1. The molecule has 1 fully saturated rings. The predicted octanol–water partition coefficient (Wildman–Crippen LogP) is 2.91. The molecule has 0 aliphatic carbocycles. The van der Waals surface area contributed by atoms with E-state index >= 15 is 0 Å². The summed E-state index contributed by atoms with van der Waals surface area (Å²) < 4.78 is 5.48. The van der Waals surface area contributed by atoms with Crippen LogP contribution in [-0.2, 0) is 6.54 Å². The first kappa shape index (κ1) is 15.0. The van der Waals surface area contributed by atoms with Gasteiger partial charge in [0.05, 0.1) is 5.69 Å². The van der Waals surface area contributed by atoms with Crippen molar-refractivity contribution in [2.75, 3.05) is 13.1 Å². The first-order valence-electron chi connectivity index (χ1n) is 8.26. The van der Waals surface area contributed by atoms with Crippen molar-refractivity contribution in [1.29, 1.82) is 0 Å². The second-order valence-corrected chi connectivity index (χ2v) is 6.04. The Labute approximate surface area is 140 Å². The number of hydrogen-bond donors (Lipinski definition) is 0. The zero-order valence-corrected chi connectivity index (χ0v) is 13.4. The lowest BCUT2D eigenvalue weighted by Gasteiger charge is -2.29. The Bertz CT molecular complexity index is 766. The maximum absolute atomic E-state index is 5.48. The minimum absolute atomic E-state index is 0.329. The van der Waals surface area contributed by atoms with E-state index in [0.29, 0.717) is 11.7 Å².